The van der Waals surface area contributed by atoms with Crippen LogP contribution in [-0.2, 0) is 9.47 Å². The topological polar surface area (TPSA) is 35.5 Å². The van der Waals surface area contributed by atoms with E-state index < -0.39 is 5.79 Å². The van der Waals surface area contributed by atoms with Crippen molar-refractivity contribution in [3.05, 3.63) is 60.2 Å². The van der Waals surface area contributed by atoms with Crippen molar-refractivity contribution in [2.24, 2.45) is 0 Å². The number of carbonyl (C=O) groups excluding carboxylic acids is 1. The van der Waals surface area contributed by atoms with Gasteiger partial charge in [-0.3, -0.25) is 4.79 Å². The van der Waals surface area contributed by atoms with E-state index >= 15 is 0 Å². The predicted octanol–water partition coefficient (Wildman–Crippen LogP) is 4.16. The van der Waals surface area contributed by atoms with Gasteiger partial charge in [0.2, 0.25) is 0 Å². The summed E-state index contributed by atoms with van der Waals surface area (Å²) in [5.41, 5.74) is 0.775. The molecule has 3 nitrogen and oxygen atoms in total. The van der Waals surface area contributed by atoms with Gasteiger partial charge in [0.1, 0.15) is 0 Å². The zero-order chi connectivity index (χ0) is 15.6. The molecule has 0 saturated heterocycles. The van der Waals surface area contributed by atoms with Crippen molar-refractivity contribution < 1.29 is 14.3 Å². The molecule has 0 radical (unpaired) electrons. The van der Waals surface area contributed by atoms with Gasteiger partial charge in [0, 0.05) is 25.2 Å². The van der Waals surface area contributed by atoms with E-state index in [0.29, 0.717) is 13.2 Å². The van der Waals surface area contributed by atoms with Gasteiger partial charge >= 0.3 is 0 Å². The molecule has 0 unspecified atom stereocenters. The first kappa shape index (κ1) is 17.3. The predicted molar refractivity (Wildman–Crippen MR) is 85.3 cm³/mol. The number of Topliss-reactive ketones (excluding diaryl/α,β-unsaturated/α-hetero) is 1. The Balaban J connectivity index is 0.000000219. The minimum atomic E-state index is -0.488. The highest BCUT2D eigenvalue weighted by Gasteiger charge is 2.27. The largest absolute Gasteiger partial charge is 0.346 e. The molecular weight excluding hydrogens is 264 g/mol. The highest BCUT2D eigenvalue weighted by atomic mass is 16.7. The Hall–Kier alpha value is -1.71. The lowest BCUT2D eigenvalue weighted by molar-refractivity contribution is -0.197. The summed E-state index contributed by atoms with van der Waals surface area (Å²) in [5, 5.41) is 0. The highest BCUT2D eigenvalue weighted by Crippen LogP contribution is 2.23. The van der Waals surface area contributed by atoms with Gasteiger partial charge in [-0.25, -0.2) is 0 Å². The number of ketones is 1. The van der Waals surface area contributed by atoms with Gasteiger partial charge in [-0.05, 0) is 26.8 Å². The average molecular weight is 288 g/mol. The molecule has 0 aromatic heterocycles. The number of ether oxygens (including phenoxy) is 2. The standard InChI is InChI=1S/C10H16O2.C8H8O/c1-3-11-10(12-4-2)8-6-5-7-9-10;1-7(9)8-5-3-2-4-6-8/h5-8H,3-4,9H2,1-2H3;2-6H,1H3. The quantitative estimate of drug-likeness (QED) is 0.603. The molecule has 1 aliphatic rings. The van der Waals surface area contributed by atoms with E-state index in [4.69, 9.17) is 9.47 Å². The lowest BCUT2D eigenvalue weighted by Crippen LogP contribution is -2.34. The van der Waals surface area contributed by atoms with E-state index in [9.17, 15) is 4.79 Å². The normalized spacial score (nSPS) is 15.2. The second kappa shape index (κ2) is 9.27. The summed E-state index contributed by atoms with van der Waals surface area (Å²) < 4.78 is 11.1. The number of allylic oxidation sites excluding steroid dienone is 2. The van der Waals surface area contributed by atoms with Crippen molar-refractivity contribution in [3.63, 3.8) is 0 Å². The fourth-order valence-electron chi connectivity index (χ4n) is 2.00. The van der Waals surface area contributed by atoms with Gasteiger partial charge < -0.3 is 9.47 Å². The van der Waals surface area contributed by atoms with Gasteiger partial charge in [-0.1, -0.05) is 48.6 Å². The molecule has 0 atom stereocenters. The number of benzene rings is 1. The first-order valence-electron chi connectivity index (χ1n) is 7.32. The summed E-state index contributed by atoms with van der Waals surface area (Å²) in [6.45, 7) is 6.88. The minimum Gasteiger partial charge on any atom is -0.346 e. The number of hydrogen-bond donors (Lipinski definition) is 0. The molecule has 0 fully saturated rings. The molecule has 0 heterocycles. The number of rotatable bonds is 5. The molecule has 21 heavy (non-hydrogen) atoms. The smallest absolute Gasteiger partial charge is 0.191 e. The van der Waals surface area contributed by atoms with Crippen LogP contribution in [-0.4, -0.2) is 24.8 Å². The van der Waals surface area contributed by atoms with Crippen LogP contribution in [0.5, 0.6) is 0 Å². The Morgan fingerprint density at radius 2 is 1.71 bits per heavy atom. The van der Waals surface area contributed by atoms with Gasteiger partial charge in [-0.15, -0.1) is 0 Å². The molecular formula is C18H24O3. The van der Waals surface area contributed by atoms with Crippen LogP contribution in [0.4, 0.5) is 0 Å². The van der Waals surface area contributed by atoms with Crippen LogP contribution >= 0.6 is 0 Å². The van der Waals surface area contributed by atoms with Gasteiger partial charge in [0.05, 0.1) is 0 Å². The van der Waals surface area contributed by atoms with Crippen LogP contribution < -0.4 is 0 Å². The fourth-order valence-corrected chi connectivity index (χ4v) is 2.00. The lowest BCUT2D eigenvalue weighted by Gasteiger charge is -2.30. The molecule has 1 aromatic carbocycles. The van der Waals surface area contributed by atoms with Crippen molar-refractivity contribution >= 4 is 5.78 Å². The summed E-state index contributed by atoms with van der Waals surface area (Å²) >= 11 is 0. The maximum absolute atomic E-state index is 10.6. The van der Waals surface area contributed by atoms with E-state index in [1.165, 1.54) is 0 Å². The van der Waals surface area contributed by atoms with Crippen molar-refractivity contribution in [2.45, 2.75) is 33.0 Å². The SMILES string of the molecule is CC(=O)c1ccccc1.CCOC1(OCC)C=CC=CC1. The van der Waals surface area contributed by atoms with Gasteiger partial charge in [-0.2, -0.15) is 0 Å². The zero-order valence-corrected chi connectivity index (χ0v) is 13.0. The van der Waals surface area contributed by atoms with E-state index in [2.05, 4.69) is 6.08 Å². The molecule has 0 amide bonds. The molecule has 114 valence electrons. The van der Waals surface area contributed by atoms with Crippen molar-refractivity contribution in [1.82, 2.24) is 0 Å². The van der Waals surface area contributed by atoms with Crippen molar-refractivity contribution in [1.29, 1.82) is 0 Å². The highest BCUT2D eigenvalue weighted by molar-refractivity contribution is 5.93. The molecule has 1 aromatic rings. The van der Waals surface area contributed by atoms with Crippen LogP contribution in [0.25, 0.3) is 0 Å². The lowest BCUT2D eigenvalue weighted by atomic mass is 10.1. The van der Waals surface area contributed by atoms with Gasteiger partial charge in [0.25, 0.3) is 0 Å². The first-order valence-corrected chi connectivity index (χ1v) is 7.32. The van der Waals surface area contributed by atoms with E-state index in [-0.39, 0.29) is 5.78 Å². The second-order valence-corrected chi connectivity index (χ2v) is 4.59. The molecule has 1 aliphatic carbocycles. The van der Waals surface area contributed by atoms with Crippen molar-refractivity contribution in [3.8, 4) is 0 Å². The minimum absolute atomic E-state index is 0.121. The second-order valence-electron chi connectivity index (χ2n) is 4.59. The third-order valence-electron chi connectivity index (χ3n) is 2.96. The van der Waals surface area contributed by atoms with Crippen molar-refractivity contribution in [2.75, 3.05) is 13.2 Å². The van der Waals surface area contributed by atoms with E-state index in [1.54, 1.807) is 6.92 Å². The first-order chi connectivity index (χ1) is 10.1. The number of hydrogen-bond acceptors (Lipinski definition) is 3. The summed E-state index contributed by atoms with van der Waals surface area (Å²) in [7, 11) is 0. The molecule has 0 bridgehead atoms. The maximum atomic E-state index is 10.6. The summed E-state index contributed by atoms with van der Waals surface area (Å²) in [6.07, 6.45) is 8.82. The van der Waals surface area contributed by atoms with Gasteiger partial charge in [0.15, 0.2) is 11.6 Å². The third-order valence-corrected chi connectivity index (χ3v) is 2.96. The third kappa shape index (κ3) is 6.06. The molecule has 0 aliphatic heterocycles. The van der Waals surface area contributed by atoms with Crippen LogP contribution in [0.2, 0.25) is 0 Å². The molecule has 0 saturated carbocycles. The Morgan fingerprint density at radius 1 is 1.10 bits per heavy atom. The maximum Gasteiger partial charge on any atom is 0.191 e. The van der Waals surface area contributed by atoms with Crippen LogP contribution in [0.3, 0.4) is 0 Å². The Labute approximate surface area is 127 Å². The molecule has 0 spiro atoms. The van der Waals surface area contributed by atoms with E-state index in [1.807, 2.05) is 62.4 Å². The van der Waals surface area contributed by atoms with Crippen LogP contribution in [0, 0.1) is 0 Å². The molecule has 3 heteroatoms. The monoisotopic (exact) mass is 288 g/mol. The van der Waals surface area contributed by atoms with Crippen LogP contribution in [0.1, 0.15) is 37.6 Å². The van der Waals surface area contributed by atoms with Crippen LogP contribution in [0.15, 0.2) is 54.6 Å². The van der Waals surface area contributed by atoms with E-state index in [0.717, 1.165) is 12.0 Å². The summed E-state index contributed by atoms with van der Waals surface area (Å²) in [4.78, 5) is 10.6. The number of carbonyl (C=O) groups is 1. The molecule has 2 rings (SSSR count). The Kier molecular flexibility index (Phi) is 7.65. The Bertz CT molecular complexity index is 468. The fraction of sp³-hybridized carbons (Fsp3) is 0.389. The summed E-state index contributed by atoms with van der Waals surface area (Å²) in [6, 6.07) is 9.23. The summed E-state index contributed by atoms with van der Waals surface area (Å²) in [5.74, 6) is -0.367. The average Bonchev–Trinajstić information content (AvgIpc) is 2.50. The molecule has 0 N–H and O–H groups in total. The zero-order valence-electron chi connectivity index (χ0n) is 13.0. The Morgan fingerprint density at radius 3 is 2.10 bits per heavy atom.